The SMILES string of the molecule is O=C(OC(=O)[C@@H]1C[C@@H](O)CN1)[C@@H]1C[C@@H](O)CN1. The number of esters is 2. The third kappa shape index (κ3) is 3.01. The van der Waals surface area contributed by atoms with Crippen molar-refractivity contribution in [1.29, 1.82) is 0 Å². The summed E-state index contributed by atoms with van der Waals surface area (Å²) in [6.07, 6.45) is -0.636. The first kappa shape index (κ1) is 12.4. The number of nitrogens with one attached hydrogen (secondary N) is 2. The molecule has 2 aliphatic heterocycles. The van der Waals surface area contributed by atoms with E-state index in [2.05, 4.69) is 15.4 Å². The van der Waals surface area contributed by atoms with Crippen molar-refractivity contribution in [3.05, 3.63) is 0 Å². The Labute approximate surface area is 98.1 Å². The van der Waals surface area contributed by atoms with Gasteiger partial charge >= 0.3 is 11.9 Å². The molecule has 17 heavy (non-hydrogen) atoms. The van der Waals surface area contributed by atoms with Crippen LogP contribution in [0.1, 0.15) is 12.8 Å². The van der Waals surface area contributed by atoms with E-state index in [-0.39, 0.29) is 12.8 Å². The maximum atomic E-state index is 11.5. The van der Waals surface area contributed by atoms with Gasteiger partial charge in [0.15, 0.2) is 0 Å². The van der Waals surface area contributed by atoms with Gasteiger partial charge < -0.3 is 25.6 Å². The summed E-state index contributed by atoms with van der Waals surface area (Å²) < 4.78 is 4.69. The van der Waals surface area contributed by atoms with E-state index in [4.69, 9.17) is 0 Å². The van der Waals surface area contributed by atoms with Gasteiger partial charge in [-0.05, 0) is 0 Å². The molecule has 0 aliphatic carbocycles. The van der Waals surface area contributed by atoms with E-state index in [1.54, 1.807) is 0 Å². The van der Waals surface area contributed by atoms with Crippen molar-refractivity contribution in [3.63, 3.8) is 0 Å². The van der Waals surface area contributed by atoms with Crippen molar-refractivity contribution in [2.24, 2.45) is 0 Å². The van der Waals surface area contributed by atoms with Gasteiger partial charge in [0.1, 0.15) is 12.1 Å². The largest absolute Gasteiger partial charge is 0.392 e. The lowest BCUT2D eigenvalue weighted by atomic mass is 10.2. The highest BCUT2D eigenvalue weighted by Crippen LogP contribution is 2.11. The van der Waals surface area contributed by atoms with Crippen LogP contribution in [0.25, 0.3) is 0 Å². The highest BCUT2D eigenvalue weighted by molar-refractivity contribution is 5.91. The van der Waals surface area contributed by atoms with E-state index in [0.717, 1.165) is 0 Å². The quantitative estimate of drug-likeness (QED) is 0.314. The fraction of sp³-hybridized carbons (Fsp3) is 0.800. The Morgan fingerprint density at radius 1 is 0.941 bits per heavy atom. The van der Waals surface area contributed by atoms with Crippen LogP contribution in [0, 0.1) is 0 Å². The molecule has 0 amide bonds. The normalized spacial score (nSPS) is 37.1. The van der Waals surface area contributed by atoms with Crippen molar-refractivity contribution in [1.82, 2.24) is 10.6 Å². The predicted molar refractivity (Wildman–Crippen MR) is 55.9 cm³/mol. The molecule has 0 radical (unpaired) electrons. The first-order chi connectivity index (χ1) is 8.06. The van der Waals surface area contributed by atoms with Gasteiger partial charge in [0.25, 0.3) is 0 Å². The number of carbonyl (C=O) groups is 2. The smallest absolute Gasteiger partial charge is 0.330 e. The van der Waals surface area contributed by atoms with E-state index in [9.17, 15) is 19.8 Å². The Kier molecular flexibility index (Phi) is 3.72. The van der Waals surface area contributed by atoms with E-state index >= 15 is 0 Å². The molecule has 96 valence electrons. The Morgan fingerprint density at radius 3 is 1.65 bits per heavy atom. The van der Waals surface area contributed by atoms with Crippen LogP contribution in [-0.4, -0.2) is 59.5 Å². The maximum Gasteiger partial charge on any atom is 0.330 e. The molecule has 4 N–H and O–H groups in total. The van der Waals surface area contributed by atoms with Crippen molar-refractivity contribution in [2.45, 2.75) is 37.1 Å². The second-order valence-corrected chi connectivity index (χ2v) is 4.44. The van der Waals surface area contributed by atoms with Crippen LogP contribution in [0.2, 0.25) is 0 Å². The number of hydrogen-bond acceptors (Lipinski definition) is 7. The summed E-state index contributed by atoms with van der Waals surface area (Å²) in [4.78, 5) is 23.1. The van der Waals surface area contributed by atoms with Gasteiger partial charge in [-0.3, -0.25) is 0 Å². The third-order valence-electron chi connectivity index (χ3n) is 2.99. The molecule has 2 heterocycles. The lowest BCUT2D eigenvalue weighted by Gasteiger charge is -2.12. The van der Waals surface area contributed by atoms with E-state index in [0.29, 0.717) is 13.1 Å². The number of hydrogen-bond donors (Lipinski definition) is 4. The van der Waals surface area contributed by atoms with E-state index in [1.165, 1.54) is 0 Å². The van der Waals surface area contributed by atoms with E-state index in [1.807, 2.05) is 0 Å². The Hall–Kier alpha value is -1.02. The fourth-order valence-corrected chi connectivity index (χ4v) is 2.03. The van der Waals surface area contributed by atoms with Crippen molar-refractivity contribution < 1.29 is 24.5 Å². The summed E-state index contributed by atoms with van der Waals surface area (Å²) in [7, 11) is 0. The number of β-amino-alcohol motifs (C(OH)–C–C–N with tert-alkyl or cyclic N) is 2. The monoisotopic (exact) mass is 244 g/mol. The van der Waals surface area contributed by atoms with E-state index < -0.39 is 36.2 Å². The fourth-order valence-electron chi connectivity index (χ4n) is 2.03. The first-order valence-electron chi connectivity index (χ1n) is 5.64. The Balaban J connectivity index is 1.80. The number of carbonyl (C=O) groups excluding carboxylic acids is 2. The molecule has 2 rings (SSSR count). The van der Waals surface area contributed by atoms with Gasteiger partial charge in [0, 0.05) is 25.9 Å². The second-order valence-electron chi connectivity index (χ2n) is 4.44. The average molecular weight is 244 g/mol. The van der Waals surface area contributed by atoms with Crippen LogP contribution < -0.4 is 10.6 Å². The minimum Gasteiger partial charge on any atom is -0.392 e. The zero-order valence-electron chi connectivity index (χ0n) is 9.26. The van der Waals surface area contributed by atoms with Gasteiger partial charge in [0.2, 0.25) is 0 Å². The molecule has 0 aromatic heterocycles. The Morgan fingerprint density at radius 2 is 1.35 bits per heavy atom. The zero-order valence-corrected chi connectivity index (χ0v) is 9.26. The van der Waals surface area contributed by atoms with Gasteiger partial charge in [0.05, 0.1) is 12.2 Å². The molecule has 2 fully saturated rings. The van der Waals surface area contributed by atoms with Crippen molar-refractivity contribution in [3.8, 4) is 0 Å². The van der Waals surface area contributed by atoms with Crippen molar-refractivity contribution >= 4 is 11.9 Å². The van der Waals surface area contributed by atoms with Crippen LogP contribution in [0.4, 0.5) is 0 Å². The number of ether oxygens (including phenoxy) is 1. The number of aliphatic hydroxyl groups is 2. The zero-order chi connectivity index (χ0) is 12.4. The van der Waals surface area contributed by atoms with Gasteiger partial charge in [-0.2, -0.15) is 0 Å². The van der Waals surface area contributed by atoms with Crippen molar-refractivity contribution in [2.75, 3.05) is 13.1 Å². The summed E-state index contributed by atoms with van der Waals surface area (Å²) in [5.74, 6) is -1.34. The molecular formula is C10H16N2O5. The summed E-state index contributed by atoms with van der Waals surface area (Å²) in [6.45, 7) is 0.655. The lowest BCUT2D eigenvalue weighted by molar-refractivity contribution is -0.162. The molecule has 2 saturated heterocycles. The van der Waals surface area contributed by atoms with Crippen LogP contribution in [0.3, 0.4) is 0 Å². The van der Waals surface area contributed by atoms with Gasteiger partial charge in [-0.1, -0.05) is 0 Å². The molecule has 0 aromatic rings. The molecule has 7 heteroatoms. The van der Waals surface area contributed by atoms with Crippen LogP contribution >= 0.6 is 0 Å². The highest BCUT2D eigenvalue weighted by Gasteiger charge is 2.34. The minimum absolute atomic E-state index is 0.257. The molecule has 4 atom stereocenters. The van der Waals surface area contributed by atoms with Crippen LogP contribution in [0.5, 0.6) is 0 Å². The maximum absolute atomic E-state index is 11.5. The predicted octanol–water partition coefficient (Wildman–Crippen LogP) is -2.50. The second kappa shape index (κ2) is 5.09. The highest BCUT2D eigenvalue weighted by atomic mass is 16.6. The van der Waals surface area contributed by atoms with Crippen LogP contribution in [0.15, 0.2) is 0 Å². The number of aliphatic hydroxyl groups excluding tert-OH is 2. The molecule has 0 spiro atoms. The molecule has 7 nitrogen and oxygen atoms in total. The van der Waals surface area contributed by atoms with Crippen LogP contribution in [-0.2, 0) is 14.3 Å². The summed E-state index contributed by atoms with van der Waals surface area (Å²) in [5.41, 5.74) is 0. The topological polar surface area (TPSA) is 108 Å². The molecule has 0 bridgehead atoms. The average Bonchev–Trinajstić information content (AvgIpc) is 2.87. The first-order valence-corrected chi connectivity index (χ1v) is 5.64. The third-order valence-corrected chi connectivity index (χ3v) is 2.99. The standard InChI is InChI=1S/C10H16N2O5/c13-5-1-7(11-3-5)9(15)17-10(16)8-2-6(14)4-12-8/h5-8,11-14H,1-4H2/t5-,6-,7+,8+/m1/s1. The Bertz CT molecular complexity index is 292. The lowest BCUT2D eigenvalue weighted by Crippen LogP contribution is -2.39. The minimum atomic E-state index is -0.672. The molecule has 2 aliphatic rings. The number of rotatable bonds is 2. The van der Waals surface area contributed by atoms with Gasteiger partial charge in [-0.15, -0.1) is 0 Å². The summed E-state index contributed by atoms with van der Waals surface area (Å²) in [5, 5.41) is 24.0. The summed E-state index contributed by atoms with van der Waals surface area (Å²) in [6, 6.07) is -1.25. The summed E-state index contributed by atoms with van der Waals surface area (Å²) >= 11 is 0. The molecule has 0 saturated carbocycles. The van der Waals surface area contributed by atoms with Gasteiger partial charge in [-0.25, -0.2) is 9.59 Å². The molecule has 0 aromatic carbocycles. The molecule has 0 unspecified atom stereocenters. The molecular weight excluding hydrogens is 228 g/mol.